The number of nitrogens with zero attached hydrogens (tertiary/aromatic N) is 1. The van der Waals surface area contributed by atoms with E-state index in [-0.39, 0.29) is 10.2 Å². The van der Waals surface area contributed by atoms with Gasteiger partial charge in [-0.1, -0.05) is 12.1 Å². The lowest BCUT2D eigenvalue weighted by molar-refractivity contribution is -0.386. The summed E-state index contributed by atoms with van der Waals surface area (Å²) in [6.45, 7) is 0. The Bertz CT molecular complexity index is 856. The smallest absolute Gasteiger partial charge is 0.301 e. The Balaban J connectivity index is 2.50. The average molecular weight is 356 g/mol. The summed E-state index contributed by atoms with van der Waals surface area (Å²) in [5.74, 6) is -0.456. The summed E-state index contributed by atoms with van der Waals surface area (Å²) in [5.41, 5.74) is -2.44. The molecule has 0 aliphatic rings. The molecule has 108 valence electrons. The monoisotopic (exact) mass is 355 g/mol. The summed E-state index contributed by atoms with van der Waals surface area (Å²) in [5, 5.41) is 10.8. The van der Waals surface area contributed by atoms with Crippen LogP contribution in [0.4, 0.5) is 10.1 Å². The third-order valence-corrected chi connectivity index (χ3v) is 3.12. The number of benzene rings is 1. The van der Waals surface area contributed by atoms with E-state index in [1.54, 1.807) is 4.98 Å². The van der Waals surface area contributed by atoms with E-state index in [0.29, 0.717) is 5.56 Å². The van der Waals surface area contributed by atoms with Gasteiger partial charge >= 0.3 is 16.9 Å². The molecule has 1 aromatic heterocycles. The van der Waals surface area contributed by atoms with Gasteiger partial charge in [0.1, 0.15) is 11.5 Å². The van der Waals surface area contributed by atoms with Gasteiger partial charge in [0, 0.05) is 0 Å². The molecule has 2 N–H and O–H groups in total. The Labute approximate surface area is 124 Å². The van der Waals surface area contributed by atoms with Gasteiger partial charge in [-0.15, -0.1) is 0 Å². The number of H-pyrrole nitrogens is 2. The van der Waals surface area contributed by atoms with E-state index in [1.165, 1.54) is 30.4 Å². The Morgan fingerprint density at radius 3 is 2.57 bits per heavy atom. The molecule has 0 atom stereocenters. The number of rotatable bonds is 3. The van der Waals surface area contributed by atoms with Gasteiger partial charge in [0.2, 0.25) is 0 Å². The number of nitrogens with one attached hydrogen (secondary N) is 2. The number of nitro groups is 1. The number of aromatic nitrogens is 2. The van der Waals surface area contributed by atoms with Crippen molar-refractivity contribution in [2.24, 2.45) is 0 Å². The van der Waals surface area contributed by atoms with E-state index in [0.717, 1.165) is 0 Å². The van der Waals surface area contributed by atoms with Gasteiger partial charge in [0.15, 0.2) is 0 Å². The van der Waals surface area contributed by atoms with Crippen LogP contribution in [0.15, 0.2) is 32.3 Å². The Morgan fingerprint density at radius 2 is 1.95 bits per heavy atom. The van der Waals surface area contributed by atoms with Gasteiger partial charge in [0.05, 0.1) is 9.40 Å². The molecule has 2 rings (SSSR count). The summed E-state index contributed by atoms with van der Waals surface area (Å²) >= 11 is 3.00. The summed E-state index contributed by atoms with van der Waals surface area (Å²) in [6, 6.07) is 4.09. The maximum Gasteiger partial charge on any atom is 0.357 e. The second-order valence-corrected chi connectivity index (χ2v) is 4.79. The highest BCUT2D eigenvalue weighted by molar-refractivity contribution is 9.10. The molecule has 0 amide bonds. The summed E-state index contributed by atoms with van der Waals surface area (Å²) in [6.07, 6.45) is 2.61. The van der Waals surface area contributed by atoms with Crippen LogP contribution in [-0.4, -0.2) is 14.9 Å². The molecule has 0 spiro atoms. The van der Waals surface area contributed by atoms with Crippen LogP contribution in [0.3, 0.4) is 0 Å². The van der Waals surface area contributed by atoms with Crippen molar-refractivity contribution in [3.8, 4) is 0 Å². The third kappa shape index (κ3) is 3.31. The van der Waals surface area contributed by atoms with Crippen molar-refractivity contribution >= 4 is 33.8 Å². The minimum Gasteiger partial charge on any atom is -0.301 e. The van der Waals surface area contributed by atoms with Crippen LogP contribution in [0.5, 0.6) is 0 Å². The maximum atomic E-state index is 13.1. The highest BCUT2D eigenvalue weighted by Crippen LogP contribution is 2.19. The van der Waals surface area contributed by atoms with Crippen molar-refractivity contribution in [1.29, 1.82) is 0 Å². The quantitative estimate of drug-likeness (QED) is 0.648. The second kappa shape index (κ2) is 5.83. The van der Waals surface area contributed by atoms with E-state index >= 15 is 0 Å². The molecule has 0 radical (unpaired) electrons. The zero-order valence-electron chi connectivity index (χ0n) is 10.2. The van der Waals surface area contributed by atoms with Crippen LogP contribution >= 0.6 is 15.9 Å². The zero-order chi connectivity index (χ0) is 15.6. The molecular formula is C12H7BrFN3O4. The van der Waals surface area contributed by atoms with Gasteiger partial charge in [-0.3, -0.25) is 19.9 Å². The minimum atomic E-state index is -1.09. The topological polar surface area (TPSA) is 109 Å². The zero-order valence-corrected chi connectivity index (χ0v) is 11.8. The lowest BCUT2D eigenvalue weighted by Gasteiger charge is -1.98. The van der Waals surface area contributed by atoms with E-state index < -0.39 is 27.7 Å². The minimum absolute atomic E-state index is 0.221. The number of aromatic amines is 2. The molecule has 0 aliphatic carbocycles. The maximum absolute atomic E-state index is 13.1. The van der Waals surface area contributed by atoms with Gasteiger partial charge in [-0.05, 0) is 39.7 Å². The molecule has 2 aromatic rings. The summed E-state index contributed by atoms with van der Waals surface area (Å²) in [7, 11) is 0. The first-order chi connectivity index (χ1) is 9.88. The fourth-order valence-corrected chi connectivity index (χ4v) is 1.99. The fraction of sp³-hybridized carbons (Fsp3) is 0. The molecule has 1 heterocycles. The summed E-state index contributed by atoms with van der Waals surface area (Å²) in [4.78, 5) is 36.5. The van der Waals surface area contributed by atoms with Crippen LogP contribution in [0.25, 0.3) is 12.2 Å². The third-order valence-electron chi connectivity index (χ3n) is 2.51. The molecule has 7 nitrogen and oxygen atoms in total. The van der Waals surface area contributed by atoms with Crippen molar-refractivity contribution in [3.05, 3.63) is 70.7 Å². The lowest BCUT2D eigenvalue weighted by Crippen LogP contribution is -2.25. The van der Waals surface area contributed by atoms with Crippen LogP contribution in [0.1, 0.15) is 11.3 Å². The normalized spacial score (nSPS) is 11.0. The molecule has 0 unspecified atom stereocenters. The number of hydrogen-bond acceptors (Lipinski definition) is 4. The van der Waals surface area contributed by atoms with Crippen molar-refractivity contribution in [2.45, 2.75) is 0 Å². The summed E-state index contributed by atoms with van der Waals surface area (Å²) < 4.78 is 13.3. The van der Waals surface area contributed by atoms with Gasteiger partial charge < -0.3 is 4.98 Å². The largest absolute Gasteiger partial charge is 0.357 e. The van der Waals surface area contributed by atoms with Crippen LogP contribution in [-0.2, 0) is 0 Å². The number of halogens is 2. The molecule has 0 bridgehead atoms. The van der Waals surface area contributed by atoms with Crippen molar-refractivity contribution in [1.82, 2.24) is 9.97 Å². The molecular weight excluding hydrogens is 349 g/mol. The highest BCUT2D eigenvalue weighted by atomic mass is 79.9. The fourth-order valence-electron chi connectivity index (χ4n) is 1.59. The van der Waals surface area contributed by atoms with E-state index in [4.69, 9.17) is 0 Å². The van der Waals surface area contributed by atoms with Crippen LogP contribution in [0.2, 0.25) is 0 Å². The lowest BCUT2D eigenvalue weighted by atomic mass is 10.2. The van der Waals surface area contributed by atoms with Gasteiger partial charge in [-0.25, -0.2) is 9.18 Å². The first-order valence-electron chi connectivity index (χ1n) is 5.52. The van der Waals surface area contributed by atoms with E-state index in [1.807, 2.05) is 0 Å². The van der Waals surface area contributed by atoms with Crippen molar-refractivity contribution < 1.29 is 9.31 Å². The average Bonchev–Trinajstić information content (AvgIpc) is 2.38. The van der Waals surface area contributed by atoms with Crippen LogP contribution in [0, 0.1) is 15.9 Å². The molecule has 21 heavy (non-hydrogen) atoms. The molecule has 1 aromatic carbocycles. The predicted octanol–water partition coefficient (Wildman–Crippen LogP) is 2.04. The molecule has 0 saturated carbocycles. The predicted molar refractivity (Wildman–Crippen MR) is 77.4 cm³/mol. The Kier molecular flexibility index (Phi) is 4.13. The van der Waals surface area contributed by atoms with E-state index in [2.05, 4.69) is 20.9 Å². The SMILES string of the molecule is O=c1[nH]c(/C=C\c2ccc(F)c(Br)c2)c([N+](=O)[O-])c(=O)[nH]1. The van der Waals surface area contributed by atoms with Crippen LogP contribution < -0.4 is 11.2 Å². The molecule has 0 saturated heterocycles. The first-order valence-corrected chi connectivity index (χ1v) is 6.32. The van der Waals surface area contributed by atoms with Crippen molar-refractivity contribution in [2.75, 3.05) is 0 Å². The Hall–Kier alpha value is -2.55. The Morgan fingerprint density at radius 1 is 1.24 bits per heavy atom. The van der Waals surface area contributed by atoms with Gasteiger partial charge in [-0.2, -0.15) is 0 Å². The van der Waals surface area contributed by atoms with Crippen molar-refractivity contribution in [3.63, 3.8) is 0 Å². The molecule has 0 aliphatic heterocycles. The second-order valence-electron chi connectivity index (χ2n) is 3.93. The highest BCUT2D eigenvalue weighted by Gasteiger charge is 2.18. The van der Waals surface area contributed by atoms with E-state index in [9.17, 15) is 24.1 Å². The van der Waals surface area contributed by atoms with Gasteiger partial charge in [0.25, 0.3) is 0 Å². The standard InChI is InChI=1S/C12H7BrFN3O4/c13-7-5-6(1-3-8(7)14)2-4-9-10(17(20)21)11(18)16-12(19)15-9/h1-5H,(H2,15,16,18,19)/b4-2-. The molecule has 9 heteroatoms. The molecule has 0 fully saturated rings. The number of hydrogen-bond donors (Lipinski definition) is 2. The first kappa shape index (κ1) is 14.9.